The van der Waals surface area contributed by atoms with Crippen LogP contribution in [-0.4, -0.2) is 4.98 Å². The average Bonchev–Trinajstić information content (AvgIpc) is 3.46. The molecule has 0 saturated carbocycles. The summed E-state index contributed by atoms with van der Waals surface area (Å²) in [5.41, 5.74) is 7.59. The molecule has 0 bridgehead atoms. The topological polar surface area (TPSA) is 16.1 Å². The van der Waals surface area contributed by atoms with Crippen molar-refractivity contribution in [1.82, 2.24) is 4.98 Å². The second-order valence-electron chi connectivity index (χ2n) is 10.5. The zero-order valence-electron chi connectivity index (χ0n) is 22.0. The molecule has 0 amide bonds. The van der Waals surface area contributed by atoms with Crippen molar-refractivity contribution in [3.8, 4) is 22.3 Å². The number of hydrogen-bond donors (Lipinski definition) is 0. The molecule has 1 aromatic heterocycles. The van der Waals surface area contributed by atoms with E-state index in [4.69, 9.17) is 0 Å². The molecule has 8 rings (SSSR count). The minimum atomic E-state index is -0.880. The predicted octanol–water partition coefficient (Wildman–Crippen LogP) is 9.45. The Kier molecular flexibility index (Phi) is 5.19. The highest BCUT2D eigenvalue weighted by atomic mass is 19.1. The van der Waals surface area contributed by atoms with Gasteiger partial charge in [0.1, 0.15) is 23.3 Å². The number of halogens is 4. The first-order valence-electron chi connectivity index (χ1n) is 13.5. The molecule has 0 atom stereocenters. The van der Waals surface area contributed by atoms with Gasteiger partial charge in [0.15, 0.2) is 0 Å². The van der Waals surface area contributed by atoms with Crippen LogP contribution in [0.5, 0.6) is 0 Å². The van der Waals surface area contributed by atoms with Crippen molar-refractivity contribution >= 4 is 17.1 Å². The molecule has 0 fully saturated rings. The molecule has 0 saturated heterocycles. The second-order valence-corrected chi connectivity index (χ2v) is 10.5. The summed E-state index contributed by atoms with van der Waals surface area (Å²) in [7, 11) is 0. The van der Waals surface area contributed by atoms with E-state index < -0.39 is 28.7 Å². The van der Waals surface area contributed by atoms with Gasteiger partial charge in [0, 0.05) is 23.9 Å². The lowest BCUT2D eigenvalue weighted by Crippen LogP contribution is -2.26. The van der Waals surface area contributed by atoms with Crippen molar-refractivity contribution in [3.05, 3.63) is 167 Å². The summed E-state index contributed by atoms with van der Waals surface area (Å²) in [5.74, 6) is -3.29. The number of pyridine rings is 1. The largest absolute Gasteiger partial charge is 0.305 e. The van der Waals surface area contributed by atoms with Gasteiger partial charge in [-0.25, -0.2) is 17.6 Å². The molecule has 0 unspecified atom stereocenters. The third-order valence-corrected chi connectivity index (χ3v) is 8.38. The maximum Gasteiger partial charge on any atom is 0.150 e. The Hall–Kier alpha value is -5.23. The first kappa shape index (κ1) is 24.6. The molecule has 202 valence electrons. The minimum absolute atomic E-state index is 0.0406. The van der Waals surface area contributed by atoms with Crippen LogP contribution >= 0.6 is 0 Å². The van der Waals surface area contributed by atoms with Crippen LogP contribution in [0.4, 0.5) is 34.6 Å². The molecule has 0 aliphatic heterocycles. The molecule has 6 heteroatoms. The van der Waals surface area contributed by atoms with E-state index in [9.17, 15) is 13.2 Å². The Balaban J connectivity index is 1.50. The monoisotopic (exact) mass is 556 g/mol. The van der Waals surface area contributed by atoms with Crippen molar-refractivity contribution in [2.45, 2.75) is 5.41 Å². The molecule has 0 radical (unpaired) electrons. The van der Waals surface area contributed by atoms with Crippen molar-refractivity contribution in [2.24, 2.45) is 0 Å². The van der Waals surface area contributed by atoms with Crippen LogP contribution in [-0.2, 0) is 5.41 Å². The van der Waals surface area contributed by atoms with Gasteiger partial charge in [-0.3, -0.25) is 4.98 Å². The Labute approximate surface area is 239 Å². The standard InChI is InChI=1S/C36H20F4N2/c37-21-13-14-33(32(40)18-21)42(24-16-22(38)15-23(39)17-24)34-20-41-19-31-35(34)27-9-3-6-12-30(27)36(31)28-10-4-1-7-25(28)26-8-2-5-11-29(26)36/h1-20H. The third-order valence-electron chi connectivity index (χ3n) is 8.38. The van der Waals surface area contributed by atoms with Crippen molar-refractivity contribution in [3.63, 3.8) is 0 Å². The highest BCUT2D eigenvalue weighted by Gasteiger charge is 2.52. The summed E-state index contributed by atoms with van der Waals surface area (Å²) in [6.45, 7) is 0. The van der Waals surface area contributed by atoms with E-state index in [2.05, 4.69) is 35.3 Å². The summed E-state index contributed by atoms with van der Waals surface area (Å²) in [5, 5.41) is 0. The van der Waals surface area contributed by atoms with Crippen LogP contribution in [0.2, 0.25) is 0 Å². The lowest BCUT2D eigenvalue weighted by Gasteiger charge is -2.31. The lowest BCUT2D eigenvalue weighted by atomic mass is 9.71. The number of rotatable bonds is 3. The van der Waals surface area contributed by atoms with Crippen LogP contribution < -0.4 is 4.90 Å². The summed E-state index contributed by atoms with van der Waals surface area (Å²) in [4.78, 5) is 6.05. The van der Waals surface area contributed by atoms with Gasteiger partial charge in [-0.15, -0.1) is 0 Å². The van der Waals surface area contributed by atoms with E-state index in [-0.39, 0.29) is 11.4 Å². The summed E-state index contributed by atoms with van der Waals surface area (Å²) >= 11 is 0. The van der Waals surface area contributed by atoms with Crippen LogP contribution in [0.1, 0.15) is 22.3 Å². The van der Waals surface area contributed by atoms with Gasteiger partial charge in [0.25, 0.3) is 0 Å². The van der Waals surface area contributed by atoms with E-state index in [1.165, 1.54) is 11.0 Å². The van der Waals surface area contributed by atoms with Crippen LogP contribution in [0.25, 0.3) is 22.3 Å². The minimum Gasteiger partial charge on any atom is -0.305 e. The first-order valence-corrected chi connectivity index (χ1v) is 13.5. The molecule has 2 nitrogen and oxygen atoms in total. The SMILES string of the molecule is Fc1cc(F)cc(N(c2ccc(F)cc2F)c2cncc3c2-c2ccccc2C32c3ccccc3-c3ccccc32)c1. The van der Waals surface area contributed by atoms with E-state index >= 15 is 4.39 Å². The van der Waals surface area contributed by atoms with E-state index in [0.29, 0.717) is 5.69 Å². The molecule has 5 aromatic carbocycles. The number of benzene rings is 5. The Morgan fingerprint density at radius 2 is 1.07 bits per heavy atom. The average molecular weight is 557 g/mol. The molecule has 1 spiro atoms. The number of aromatic nitrogens is 1. The summed E-state index contributed by atoms with van der Waals surface area (Å²) < 4.78 is 58.8. The van der Waals surface area contributed by atoms with E-state index in [1.54, 1.807) is 6.20 Å². The Morgan fingerprint density at radius 3 is 1.69 bits per heavy atom. The Bertz CT molecular complexity index is 2000. The van der Waals surface area contributed by atoms with Gasteiger partial charge < -0.3 is 4.90 Å². The maximum absolute atomic E-state index is 15.5. The molecule has 2 aliphatic rings. The highest BCUT2D eigenvalue weighted by molar-refractivity contribution is 6.00. The van der Waals surface area contributed by atoms with Crippen molar-refractivity contribution < 1.29 is 17.6 Å². The number of nitrogens with zero attached hydrogens (tertiary/aromatic N) is 2. The molecule has 42 heavy (non-hydrogen) atoms. The number of fused-ring (bicyclic) bond motifs is 10. The maximum atomic E-state index is 15.5. The van der Waals surface area contributed by atoms with E-state index in [1.807, 2.05) is 48.7 Å². The molecule has 2 aliphatic carbocycles. The van der Waals surface area contributed by atoms with Crippen LogP contribution in [0.3, 0.4) is 0 Å². The zero-order chi connectivity index (χ0) is 28.6. The summed E-state index contributed by atoms with van der Waals surface area (Å²) in [6, 6.07) is 30.7. The van der Waals surface area contributed by atoms with Crippen LogP contribution in [0.15, 0.2) is 122 Å². The highest BCUT2D eigenvalue weighted by Crippen LogP contribution is 2.64. The molecule has 1 heterocycles. The number of hydrogen-bond acceptors (Lipinski definition) is 2. The normalized spacial score (nSPS) is 13.4. The lowest BCUT2D eigenvalue weighted by molar-refractivity contribution is 0.579. The van der Waals surface area contributed by atoms with Gasteiger partial charge in [-0.05, 0) is 63.2 Å². The third kappa shape index (κ3) is 3.23. The smallest absolute Gasteiger partial charge is 0.150 e. The molecule has 6 aromatic rings. The molecule has 0 N–H and O–H groups in total. The Morgan fingerprint density at radius 1 is 0.500 bits per heavy atom. The quantitative estimate of drug-likeness (QED) is 0.202. The zero-order valence-corrected chi connectivity index (χ0v) is 22.0. The van der Waals surface area contributed by atoms with Gasteiger partial charge in [0.2, 0.25) is 0 Å². The van der Waals surface area contributed by atoms with Crippen molar-refractivity contribution in [1.29, 1.82) is 0 Å². The fourth-order valence-corrected chi connectivity index (χ4v) is 6.91. The first-order chi connectivity index (χ1) is 20.5. The van der Waals surface area contributed by atoms with Gasteiger partial charge in [0.05, 0.1) is 28.7 Å². The fraction of sp³-hybridized carbons (Fsp3) is 0.0278. The predicted molar refractivity (Wildman–Crippen MR) is 155 cm³/mol. The van der Waals surface area contributed by atoms with E-state index in [0.717, 1.165) is 74.8 Å². The summed E-state index contributed by atoms with van der Waals surface area (Å²) in [6.07, 6.45) is 3.38. The van der Waals surface area contributed by atoms with Gasteiger partial charge in [-0.1, -0.05) is 72.8 Å². The van der Waals surface area contributed by atoms with Crippen LogP contribution in [0, 0.1) is 23.3 Å². The number of anilines is 3. The second kappa shape index (κ2) is 8.88. The van der Waals surface area contributed by atoms with Crippen molar-refractivity contribution in [2.75, 3.05) is 4.90 Å². The van der Waals surface area contributed by atoms with Gasteiger partial charge >= 0.3 is 0 Å². The fourth-order valence-electron chi connectivity index (χ4n) is 6.91. The van der Waals surface area contributed by atoms with Gasteiger partial charge in [-0.2, -0.15) is 0 Å². The molecular formula is C36H20F4N2. The molecular weight excluding hydrogens is 536 g/mol.